The third kappa shape index (κ3) is 11.6. The number of rotatable bonds is 10. The van der Waals surface area contributed by atoms with Gasteiger partial charge in [0.15, 0.2) is 0 Å². The van der Waals surface area contributed by atoms with E-state index in [-0.39, 0.29) is 25.3 Å². The SMILES string of the molecule is COc1ccc(C2CCC(CN(C(=O)C3CCCCC3)c3cc(/C(C=NC(C)C)=C/N)ccn3)CC2)cc1C.O=C(O)NC1CCOCC1.[HH]. The lowest BCUT2D eigenvalue weighted by Gasteiger charge is -2.35. The van der Waals surface area contributed by atoms with Crippen molar-refractivity contribution >= 4 is 29.6 Å². The molecule has 0 unspecified atom stereocenters. The monoisotopic (exact) mass is 677 g/mol. The zero-order chi connectivity index (χ0) is 35.2. The number of nitrogens with zero attached hydrogens (tertiary/aromatic N) is 3. The van der Waals surface area contributed by atoms with Crippen molar-refractivity contribution in [2.45, 2.75) is 109 Å². The fourth-order valence-electron chi connectivity index (χ4n) is 7.16. The highest BCUT2D eigenvalue weighted by molar-refractivity contribution is 6.10. The molecule has 10 nitrogen and oxygen atoms in total. The number of pyridine rings is 1. The Morgan fingerprint density at radius 2 is 1.80 bits per heavy atom. The molecule has 2 saturated carbocycles. The number of ether oxygens (including phenoxy) is 2. The Morgan fingerprint density at radius 3 is 2.41 bits per heavy atom. The van der Waals surface area contributed by atoms with Crippen LogP contribution in [0.15, 0.2) is 47.7 Å². The van der Waals surface area contributed by atoms with Crippen molar-refractivity contribution in [2.24, 2.45) is 22.6 Å². The number of hydrogen-bond acceptors (Lipinski definition) is 7. The van der Waals surface area contributed by atoms with E-state index in [1.54, 1.807) is 19.5 Å². The smallest absolute Gasteiger partial charge is 0.404 e. The van der Waals surface area contributed by atoms with E-state index in [1.165, 1.54) is 17.5 Å². The van der Waals surface area contributed by atoms with Crippen LogP contribution < -0.4 is 20.7 Å². The van der Waals surface area contributed by atoms with E-state index >= 15 is 0 Å². The van der Waals surface area contributed by atoms with E-state index in [9.17, 15) is 9.59 Å². The Bertz CT molecular complexity index is 1410. The van der Waals surface area contributed by atoms with Crippen molar-refractivity contribution in [3.8, 4) is 5.75 Å². The Balaban J connectivity index is 0.000000529. The Labute approximate surface area is 294 Å². The van der Waals surface area contributed by atoms with Crippen molar-refractivity contribution < 1.29 is 25.6 Å². The van der Waals surface area contributed by atoms with Gasteiger partial charge in [-0.05, 0) is 119 Å². The van der Waals surface area contributed by atoms with E-state index in [0.29, 0.717) is 25.0 Å². The Morgan fingerprint density at radius 1 is 1.08 bits per heavy atom. The molecule has 5 rings (SSSR count). The van der Waals surface area contributed by atoms with Crippen molar-refractivity contribution in [3.05, 3.63) is 59.4 Å². The third-order valence-corrected chi connectivity index (χ3v) is 9.99. The van der Waals surface area contributed by atoms with Crippen LogP contribution in [-0.2, 0) is 9.53 Å². The van der Waals surface area contributed by atoms with Crippen LogP contribution in [0.3, 0.4) is 0 Å². The number of benzene rings is 1. The quantitative estimate of drug-likeness (QED) is 0.219. The summed E-state index contributed by atoms with van der Waals surface area (Å²) in [6.45, 7) is 8.26. The summed E-state index contributed by atoms with van der Waals surface area (Å²) in [5.41, 5.74) is 10.3. The van der Waals surface area contributed by atoms with Gasteiger partial charge in [0.2, 0.25) is 5.91 Å². The number of methoxy groups -OCH3 is 1. The molecule has 2 aromatic rings. The van der Waals surface area contributed by atoms with Crippen LogP contribution in [-0.4, -0.2) is 67.3 Å². The lowest BCUT2D eigenvalue weighted by molar-refractivity contribution is -0.123. The molecule has 49 heavy (non-hydrogen) atoms. The molecule has 2 amide bonds. The molecular weight excluding hydrogens is 618 g/mol. The van der Waals surface area contributed by atoms with Crippen molar-refractivity contribution in [2.75, 3.05) is 31.8 Å². The number of nitrogens with one attached hydrogen (secondary N) is 1. The van der Waals surface area contributed by atoms with Gasteiger partial charge >= 0.3 is 6.09 Å². The van der Waals surface area contributed by atoms with Crippen LogP contribution in [0.1, 0.15) is 109 Å². The first-order chi connectivity index (χ1) is 23.7. The van der Waals surface area contributed by atoms with Crippen molar-refractivity contribution in [1.29, 1.82) is 0 Å². The van der Waals surface area contributed by atoms with Crippen molar-refractivity contribution in [3.63, 3.8) is 0 Å². The van der Waals surface area contributed by atoms with Gasteiger partial charge in [-0.25, -0.2) is 9.78 Å². The predicted molar refractivity (Wildman–Crippen MR) is 199 cm³/mol. The average molecular weight is 678 g/mol. The summed E-state index contributed by atoms with van der Waals surface area (Å²) < 4.78 is 10.5. The number of aromatic nitrogens is 1. The molecule has 2 aliphatic carbocycles. The minimum atomic E-state index is -0.938. The van der Waals surface area contributed by atoms with Crippen molar-refractivity contribution in [1.82, 2.24) is 10.3 Å². The molecule has 1 saturated heterocycles. The Hall–Kier alpha value is -3.92. The highest BCUT2D eigenvalue weighted by Crippen LogP contribution is 2.38. The first-order valence-electron chi connectivity index (χ1n) is 18.1. The Kier molecular flexibility index (Phi) is 14.9. The predicted octanol–water partition coefficient (Wildman–Crippen LogP) is 7.74. The standard InChI is InChI=1S/C33H46N4O2.C6H11NO3.H2/c1-23(2)36-21-30(20-34)29-16-17-35-32(19-29)37(33(38)27-8-6-5-7-9-27)22-25-10-12-26(13-11-25)28-14-15-31(39-4)24(3)18-28;8-6(9)7-5-1-3-10-4-2-5;/h14-21,23,25-27H,5-13,22,34H2,1-4H3;5,7H,1-4H2,(H,8,9);1H/b30-20+,36-21?;;. The average Bonchev–Trinajstić information content (AvgIpc) is 3.11. The fourth-order valence-corrected chi connectivity index (χ4v) is 7.16. The minimum Gasteiger partial charge on any atom is -0.496 e. The lowest BCUT2D eigenvalue weighted by atomic mass is 9.78. The van der Waals surface area contributed by atoms with Crippen LogP contribution in [0.5, 0.6) is 5.75 Å². The van der Waals surface area contributed by atoms with E-state index in [4.69, 9.17) is 25.3 Å². The minimum absolute atomic E-state index is 0. The van der Waals surface area contributed by atoms with E-state index in [0.717, 1.165) is 93.5 Å². The third-order valence-electron chi connectivity index (χ3n) is 9.99. The fraction of sp³-hybridized carbons (Fsp3) is 0.590. The number of allylic oxidation sites excluding steroid dienone is 1. The first kappa shape index (κ1) is 37.9. The molecule has 2 heterocycles. The second-order valence-electron chi connectivity index (χ2n) is 14.0. The van der Waals surface area contributed by atoms with Crippen LogP contribution in [0.2, 0.25) is 0 Å². The molecule has 1 aliphatic heterocycles. The highest BCUT2D eigenvalue weighted by atomic mass is 16.5. The van der Waals surface area contributed by atoms with Gasteiger partial charge in [-0.15, -0.1) is 0 Å². The molecule has 270 valence electrons. The molecule has 0 bridgehead atoms. The van der Waals surface area contributed by atoms with E-state index < -0.39 is 6.09 Å². The molecule has 0 atom stereocenters. The molecule has 3 aliphatic rings. The maximum absolute atomic E-state index is 13.9. The molecular formula is C39H59N5O5. The maximum Gasteiger partial charge on any atom is 0.404 e. The number of nitrogens with two attached hydrogens (primary N) is 1. The normalized spacial score (nSPS) is 20.8. The molecule has 1 aromatic carbocycles. The molecule has 0 spiro atoms. The van der Waals surface area contributed by atoms with Gasteiger partial charge in [-0.2, -0.15) is 0 Å². The largest absolute Gasteiger partial charge is 0.496 e. The molecule has 1 aromatic heterocycles. The van der Waals surface area contributed by atoms with Crippen LogP contribution in [0.4, 0.5) is 10.6 Å². The van der Waals surface area contributed by atoms with Gasteiger partial charge < -0.3 is 25.6 Å². The molecule has 3 fully saturated rings. The first-order valence-corrected chi connectivity index (χ1v) is 18.1. The number of anilines is 1. The summed E-state index contributed by atoms with van der Waals surface area (Å²) in [7, 11) is 1.73. The summed E-state index contributed by atoms with van der Waals surface area (Å²) in [6, 6.07) is 10.8. The summed E-state index contributed by atoms with van der Waals surface area (Å²) in [5, 5.41) is 10.7. The summed E-state index contributed by atoms with van der Waals surface area (Å²) in [5.74, 6) is 3.03. The number of carboxylic acid groups (broad SMARTS) is 1. The van der Waals surface area contributed by atoms with Gasteiger partial charge in [-0.3, -0.25) is 14.7 Å². The van der Waals surface area contributed by atoms with E-state index in [1.807, 2.05) is 37.1 Å². The number of hydrogen-bond donors (Lipinski definition) is 3. The van der Waals surface area contributed by atoms with Gasteiger partial charge in [0, 0.05) is 63.4 Å². The lowest BCUT2D eigenvalue weighted by Crippen LogP contribution is -2.41. The number of carbonyl (C=O) groups excluding carboxylic acids is 1. The zero-order valence-corrected chi connectivity index (χ0v) is 29.9. The van der Waals surface area contributed by atoms with Crippen LogP contribution in [0, 0.1) is 18.8 Å². The number of aliphatic imine (C=N–C) groups is 1. The van der Waals surface area contributed by atoms with Crippen LogP contribution >= 0.6 is 0 Å². The van der Waals surface area contributed by atoms with Gasteiger partial charge in [0.25, 0.3) is 0 Å². The summed E-state index contributed by atoms with van der Waals surface area (Å²) in [4.78, 5) is 35.3. The summed E-state index contributed by atoms with van der Waals surface area (Å²) >= 11 is 0. The van der Waals surface area contributed by atoms with Gasteiger partial charge in [0.05, 0.1) is 7.11 Å². The number of aryl methyl sites for hydroxylation is 1. The number of carbonyl (C=O) groups is 2. The summed E-state index contributed by atoms with van der Waals surface area (Å²) in [6.07, 6.45) is 15.8. The van der Waals surface area contributed by atoms with Gasteiger partial charge in [0.1, 0.15) is 11.6 Å². The topological polar surface area (TPSA) is 139 Å². The molecule has 0 radical (unpaired) electrons. The zero-order valence-electron chi connectivity index (χ0n) is 29.9. The van der Waals surface area contributed by atoms with E-state index in [2.05, 4.69) is 35.4 Å². The molecule has 4 N–H and O–H groups in total. The highest BCUT2D eigenvalue weighted by Gasteiger charge is 2.31. The molecule has 10 heteroatoms. The van der Waals surface area contributed by atoms with Crippen LogP contribution in [0.25, 0.3) is 5.57 Å². The second-order valence-corrected chi connectivity index (χ2v) is 14.0. The maximum atomic E-state index is 13.9. The second kappa shape index (κ2) is 19.3. The number of amides is 2. The van der Waals surface area contributed by atoms with Gasteiger partial charge in [-0.1, -0.05) is 31.4 Å².